The average Bonchev–Trinajstić information content (AvgIpc) is 3.20. The molecule has 3 N–H and O–H groups in total. The second kappa shape index (κ2) is 13.6. The molecule has 2 aromatic rings. The van der Waals surface area contributed by atoms with Gasteiger partial charge in [-0.05, 0) is 63.8 Å². The number of hydrogen-bond acceptors (Lipinski definition) is 9. The number of benzene rings is 2. The Kier molecular flexibility index (Phi) is 10.4. The molecule has 232 valence electrons. The van der Waals surface area contributed by atoms with Crippen molar-refractivity contribution < 1.29 is 48.0 Å². The van der Waals surface area contributed by atoms with E-state index in [1.54, 1.807) is 41.5 Å². The van der Waals surface area contributed by atoms with Gasteiger partial charge in [-0.15, -0.1) is 0 Å². The number of carbonyl (C=O) groups is 5. The van der Waals surface area contributed by atoms with Gasteiger partial charge in [-0.3, -0.25) is 4.79 Å². The third kappa shape index (κ3) is 9.73. The topological polar surface area (TPSA) is 167 Å². The molecule has 0 aromatic heterocycles. The zero-order chi connectivity index (χ0) is 31.9. The van der Waals surface area contributed by atoms with Crippen LogP contribution in [-0.4, -0.2) is 71.7 Å². The van der Waals surface area contributed by atoms with Crippen LogP contribution in [0.5, 0.6) is 0 Å². The summed E-state index contributed by atoms with van der Waals surface area (Å²) in [6.45, 7) is 8.85. The molecule has 0 aliphatic heterocycles. The van der Waals surface area contributed by atoms with Crippen LogP contribution in [0.4, 0.5) is 9.59 Å². The molecular weight excluding hydrogens is 560 g/mol. The molecule has 0 heterocycles. The van der Waals surface area contributed by atoms with E-state index in [0.29, 0.717) is 0 Å². The predicted molar refractivity (Wildman–Crippen MR) is 154 cm³/mol. The number of aliphatic carboxylic acids is 1. The van der Waals surface area contributed by atoms with Gasteiger partial charge in [-0.25, -0.2) is 19.2 Å². The molecule has 0 radical (unpaired) electrons. The number of carboxylic acids is 1. The number of carbonyl (C=O) groups excluding carboxylic acids is 4. The monoisotopic (exact) mass is 598 g/mol. The second-order valence-corrected chi connectivity index (χ2v) is 12.0. The highest BCUT2D eigenvalue weighted by Crippen LogP contribution is 2.44. The highest BCUT2D eigenvalue weighted by molar-refractivity contribution is 5.87. The van der Waals surface area contributed by atoms with E-state index < -0.39 is 66.4 Å². The van der Waals surface area contributed by atoms with Gasteiger partial charge in [-0.2, -0.15) is 0 Å². The van der Waals surface area contributed by atoms with Crippen molar-refractivity contribution in [2.24, 2.45) is 0 Å². The maximum Gasteiger partial charge on any atom is 0.408 e. The van der Waals surface area contributed by atoms with E-state index in [4.69, 9.17) is 18.9 Å². The molecule has 12 nitrogen and oxygen atoms in total. The van der Waals surface area contributed by atoms with Gasteiger partial charge >= 0.3 is 30.1 Å². The lowest BCUT2D eigenvalue weighted by Crippen LogP contribution is -2.49. The van der Waals surface area contributed by atoms with E-state index in [-0.39, 0.29) is 12.5 Å². The molecule has 2 aromatic carbocycles. The lowest BCUT2D eigenvalue weighted by atomic mass is 9.98. The van der Waals surface area contributed by atoms with Crippen LogP contribution >= 0.6 is 0 Å². The van der Waals surface area contributed by atoms with Crippen molar-refractivity contribution in [3.05, 3.63) is 59.7 Å². The Morgan fingerprint density at radius 1 is 0.744 bits per heavy atom. The van der Waals surface area contributed by atoms with Gasteiger partial charge in [-0.1, -0.05) is 48.5 Å². The van der Waals surface area contributed by atoms with Crippen LogP contribution in [0.3, 0.4) is 0 Å². The van der Waals surface area contributed by atoms with Crippen LogP contribution in [0.1, 0.15) is 65.0 Å². The van der Waals surface area contributed by atoms with E-state index in [1.807, 2.05) is 48.5 Å². The molecule has 0 saturated heterocycles. The van der Waals surface area contributed by atoms with Crippen LogP contribution in [0.15, 0.2) is 48.5 Å². The smallest absolute Gasteiger partial charge is 0.408 e. The fraction of sp³-hybridized carbons (Fsp3) is 0.452. The molecule has 0 fully saturated rings. The van der Waals surface area contributed by atoms with E-state index in [2.05, 4.69) is 10.6 Å². The predicted octanol–water partition coefficient (Wildman–Crippen LogP) is 4.15. The van der Waals surface area contributed by atoms with E-state index in [1.165, 1.54) is 0 Å². The third-order valence-corrected chi connectivity index (χ3v) is 6.09. The van der Waals surface area contributed by atoms with Gasteiger partial charge in [0.15, 0.2) is 6.04 Å². The number of alkyl carbamates (subject to hydrolysis) is 2. The molecule has 0 spiro atoms. The first kappa shape index (κ1) is 32.9. The molecular formula is C31H38N2O10. The first-order chi connectivity index (χ1) is 20.0. The summed E-state index contributed by atoms with van der Waals surface area (Å²) >= 11 is 0. The minimum Gasteiger partial charge on any atom is -0.480 e. The van der Waals surface area contributed by atoms with Gasteiger partial charge in [0.05, 0.1) is 6.42 Å². The van der Waals surface area contributed by atoms with Gasteiger partial charge in [0.25, 0.3) is 0 Å². The van der Waals surface area contributed by atoms with Crippen molar-refractivity contribution in [2.75, 3.05) is 13.2 Å². The Hall–Kier alpha value is -4.61. The quantitative estimate of drug-likeness (QED) is 0.267. The molecule has 2 amide bonds. The number of rotatable bonds is 10. The van der Waals surface area contributed by atoms with Crippen molar-refractivity contribution in [3.8, 4) is 11.1 Å². The number of esters is 2. The molecule has 12 heteroatoms. The fourth-order valence-corrected chi connectivity index (χ4v) is 4.42. The fourth-order valence-electron chi connectivity index (χ4n) is 4.42. The highest BCUT2D eigenvalue weighted by atomic mass is 16.6. The molecule has 2 atom stereocenters. The summed E-state index contributed by atoms with van der Waals surface area (Å²) in [6, 6.07) is 12.3. The summed E-state index contributed by atoms with van der Waals surface area (Å²) in [4.78, 5) is 62.1. The van der Waals surface area contributed by atoms with E-state index >= 15 is 0 Å². The lowest BCUT2D eigenvalue weighted by molar-refractivity contribution is -0.160. The maximum absolute atomic E-state index is 13.0. The number of nitrogens with one attached hydrogen (secondary N) is 2. The van der Waals surface area contributed by atoms with Crippen molar-refractivity contribution in [1.82, 2.24) is 10.6 Å². The summed E-state index contributed by atoms with van der Waals surface area (Å²) in [5, 5.41) is 13.9. The van der Waals surface area contributed by atoms with Gasteiger partial charge in [0.1, 0.15) is 30.5 Å². The molecule has 1 aliphatic carbocycles. The molecule has 0 bridgehead atoms. The number of fused-ring (bicyclic) bond motifs is 3. The Balaban J connectivity index is 1.68. The number of amides is 2. The highest BCUT2D eigenvalue weighted by Gasteiger charge is 2.33. The summed E-state index contributed by atoms with van der Waals surface area (Å²) in [6.07, 6.45) is -2.63. The van der Waals surface area contributed by atoms with Gasteiger partial charge in [0, 0.05) is 5.92 Å². The summed E-state index contributed by atoms with van der Waals surface area (Å²) in [5.41, 5.74) is 2.27. The number of hydrogen-bond donors (Lipinski definition) is 3. The van der Waals surface area contributed by atoms with Crippen molar-refractivity contribution in [3.63, 3.8) is 0 Å². The van der Waals surface area contributed by atoms with Crippen LogP contribution in [0, 0.1) is 0 Å². The van der Waals surface area contributed by atoms with Gasteiger partial charge in [0.2, 0.25) is 0 Å². The Bertz CT molecular complexity index is 1310. The first-order valence-corrected chi connectivity index (χ1v) is 13.8. The Morgan fingerprint density at radius 2 is 1.26 bits per heavy atom. The van der Waals surface area contributed by atoms with Gasteiger partial charge < -0.3 is 34.7 Å². The minimum atomic E-state index is -1.66. The van der Waals surface area contributed by atoms with Crippen LogP contribution < -0.4 is 10.6 Å². The van der Waals surface area contributed by atoms with Crippen LogP contribution in [-0.2, 0) is 33.3 Å². The minimum absolute atomic E-state index is 0.0467. The Labute approximate surface area is 250 Å². The zero-order valence-corrected chi connectivity index (χ0v) is 25.1. The molecule has 1 aliphatic rings. The van der Waals surface area contributed by atoms with Crippen molar-refractivity contribution >= 4 is 30.1 Å². The molecule has 2 unspecified atom stereocenters. The molecule has 43 heavy (non-hydrogen) atoms. The standard InChI is InChI=1S/C31H38N2O10/c1-30(2,3)42-25(34)15-23(27(37)40-17-24(26(35)36)33-29(39)43-31(4,5)6)32-28(38)41-16-22-20-13-9-7-11-18(20)19-12-8-10-14-21(19)22/h7-14,22-24H,15-17H2,1-6H3,(H,32,38)(H,33,39)(H,35,36). The summed E-state index contributed by atoms with van der Waals surface area (Å²) < 4.78 is 20.9. The van der Waals surface area contributed by atoms with Crippen molar-refractivity contribution in [1.29, 1.82) is 0 Å². The summed E-state index contributed by atoms with van der Waals surface area (Å²) in [7, 11) is 0. The largest absolute Gasteiger partial charge is 0.480 e. The average molecular weight is 599 g/mol. The van der Waals surface area contributed by atoms with E-state index in [0.717, 1.165) is 22.3 Å². The second-order valence-electron chi connectivity index (χ2n) is 12.0. The molecule has 3 rings (SSSR count). The summed E-state index contributed by atoms with van der Waals surface area (Å²) in [5.74, 6) is -3.68. The zero-order valence-electron chi connectivity index (χ0n) is 25.1. The normalized spacial score (nSPS) is 13.9. The first-order valence-electron chi connectivity index (χ1n) is 13.8. The van der Waals surface area contributed by atoms with Crippen LogP contribution in [0.2, 0.25) is 0 Å². The SMILES string of the molecule is CC(C)(C)OC(=O)CC(NC(=O)OCC1c2ccccc2-c2ccccc21)C(=O)OCC(NC(=O)OC(C)(C)C)C(=O)O. The van der Waals surface area contributed by atoms with Crippen LogP contribution in [0.25, 0.3) is 11.1 Å². The van der Waals surface area contributed by atoms with Crippen molar-refractivity contribution in [2.45, 2.75) is 77.2 Å². The maximum atomic E-state index is 13.0. The third-order valence-electron chi connectivity index (χ3n) is 6.09. The van der Waals surface area contributed by atoms with E-state index in [9.17, 15) is 29.1 Å². The lowest BCUT2D eigenvalue weighted by Gasteiger charge is -2.24. The molecule has 0 saturated carbocycles. The Morgan fingerprint density at radius 3 is 1.77 bits per heavy atom. The number of ether oxygens (including phenoxy) is 4. The number of carboxylic acid groups (broad SMARTS) is 1.